The average molecular weight is 383 g/mol. The molecule has 1 atom stereocenters. The summed E-state index contributed by atoms with van der Waals surface area (Å²) in [5.74, 6) is -2.35. The van der Waals surface area contributed by atoms with Crippen molar-refractivity contribution in [3.05, 3.63) is 41.8 Å². The number of nitrogens with one attached hydrogen (secondary N) is 1. The summed E-state index contributed by atoms with van der Waals surface area (Å²) in [6.07, 6.45) is 0.359. The second-order valence-electron chi connectivity index (χ2n) is 4.98. The predicted octanol–water partition coefficient (Wildman–Crippen LogP) is 0.975. The van der Waals surface area contributed by atoms with Gasteiger partial charge in [-0.1, -0.05) is 18.2 Å². The van der Waals surface area contributed by atoms with Crippen molar-refractivity contribution < 1.29 is 32.3 Å². The van der Waals surface area contributed by atoms with E-state index in [0.29, 0.717) is 0 Å². The molecule has 1 rings (SSSR count). The van der Waals surface area contributed by atoms with Crippen LogP contribution in [0.25, 0.3) is 0 Å². The highest BCUT2D eigenvalue weighted by Gasteiger charge is 2.25. The zero-order valence-corrected chi connectivity index (χ0v) is 15.3. The maximum atomic E-state index is 12.1. The first kappa shape index (κ1) is 21.4. The number of hydrogen-bond donors (Lipinski definition) is 1. The van der Waals surface area contributed by atoms with E-state index in [0.717, 1.165) is 11.5 Å². The monoisotopic (exact) mass is 383 g/mol. The SMILES string of the molecule is CCOC(=O)C[C@@H](NC(=O)/C=C/S(=O)(=O)c1ccccc1)C(=O)OCC. The molecular weight excluding hydrogens is 362 g/mol. The molecule has 0 aliphatic rings. The van der Waals surface area contributed by atoms with Crippen LogP contribution in [0.4, 0.5) is 0 Å². The molecule has 0 saturated heterocycles. The third kappa shape index (κ3) is 7.06. The fraction of sp³-hybridized carbons (Fsp3) is 0.353. The van der Waals surface area contributed by atoms with Crippen LogP contribution in [0.1, 0.15) is 20.3 Å². The van der Waals surface area contributed by atoms with Crippen LogP contribution in [0.2, 0.25) is 0 Å². The average Bonchev–Trinajstić information content (AvgIpc) is 2.61. The first-order valence-corrected chi connectivity index (χ1v) is 9.45. The van der Waals surface area contributed by atoms with Crippen molar-refractivity contribution in [1.82, 2.24) is 5.32 Å². The number of sulfone groups is 1. The van der Waals surface area contributed by atoms with Crippen LogP contribution < -0.4 is 5.32 Å². The second kappa shape index (κ2) is 10.3. The number of rotatable bonds is 9. The molecule has 8 nitrogen and oxygen atoms in total. The Bertz CT molecular complexity index is 757. The normalized spacial score (nSPS) is 12.4. The lowest BCUT2D eigenvalue weighted by atomic mass is 10.2. The summed E-state index contributed by atoms with van der Waals surface area (Å²) < 4.78 is 33.7. The first-order valence-electron chi connectivity index (χ1n) is 7.91. The fourth-order valence-corrected chi connectivity index (χ4v) is 2.88. The summed E-state index contributed by atoms with van der Waals surface area (Å²) in [4.78, 5) is 35.4. The van der Waals surface area contributed by atoms with Crippen LogP contribution in [-0.4, -0.2) is 45.5 Å². The zero-order chi connectivity index (χ0) is 19.6. The summed E-state index contributed by atoms with van der Waals surface area (Å²) in [5, 5.41) is 2.98. The van der Waals surface area contributed by atoms with Gasteiger partial charge >= 0.3 is 11.9 Å². The number of ether oxygens (including phenoxy) is 2. The molecule has 1 amide bonds. The third-order valence-corrected chi connectivity index (χ3v) is 4.46. The number of carbonyl (C=O) groups is 3. The van der Waals surface area contributed by atoms with Gasteiger partial charge < -0.3 is 14.8 Å². The van der Waals surface area contributed by atoms with Crippen LogP contribution in [0.3, 0.4) is 0 Å². The van der Waals surface area contributed by atoms with Crippen LogP contribution in [0.5, 0.6) is 0 Å². The minimum Gasteiger partial charge on any atom is -0.466 e. The Balaban J connectivity index is 2.82. The Morgan fingerprint density at radius 1 is 1.08 bits per heavy atom. The Labute approximate surface area is 152 Å². The van der Waals surface area contributed by atoms with Crippen molar-refractivity contribution in [2.45, 2.75) is 31.2 Å². The van der Waals surface area contributed by atoms with Crippen LogP contribution in [0.15, 0.2) is 46.7 Å². The van der Waals surface area contributed by atoms with Crippen molar-refractivity contribution in [1.29, 1.82) is 0 Å². The van der Waals surface area contributed by atoms with Crippen molar-refractivity contribution in [3.8, 4) is 0 Å². The molecule has 0 bridgehead atoms. The highest BCUT2D eigenvalue weighted by Crippen LogP contribution is 2.11. The van der Waals surface area contributed by atoms with Gasteiger partial charge in [0.1, 0.15) is 6.04 Å². The molecule has 1 N–H and O–H groups in total. The molecule has 142 valence electrons. The Kier molecular flexibility index (Phi) is 8.50. The molecule has 0 heterocycles. The van der Waals surface area contributed by atoms with Gasteiger partial charge in [-0.25, -0.2) is 13.2 Å². The summed E-state index contributed by atoms with van der Waals surface area (Å²) in [6, 6.07) is 6.27. The van der Waals surface area contributed by atoms with E-state index in [2.05, 4.69) is 5.32 Å². The van der Waals surface area contributed by atoms with E-state index in [-0.39, 0.29) is 18.1 Å². The molecule has 0 unspecified atom stereocenters. The summed E-state index contributed by atoms with van der Waals surface area (Å²) in [6.45, 7) is 3.37. The first-order chi connectivity index (χ1) is 12.3. The molecular formula is C17H21NO7S. The Morgan fingerprint density at radius 2 is 1.69 bits per heavy atom. The minimum atomic E-state index is -3.80. The van der Waals surface area contributed by atoms with Crippen molar-refractivity contribution in [3.63, 3.8) is 0 Å². The number of benzene rings is 1. The molecule has 0 aliphatic heterocycles. The van der Waals surface area contributed by atoms with Crippen molar-refractivity contribution in [2.24, 2.45) is 0 Å². The zero-order valence-electron chi connectivity index (χ0n) is 14.5. The molecule has 1 aromatic carbocycles. The van der Waals surface area contributed by atoms with Gasteiger partial charge in [0.2, 0.25) is 5.91 Å². The van der Waals surface area contributed by atoms with Crippen LogP contribution in [-0.2, 0) is 33.7 Å². The van der Waals surface area contributed by atoms with Gasteiger partial charge in [0, 0.05) is 11.5 Å². The standard InChI is InChI=1S/C17H21NO7S/c1-3-24-16(20)12-14(17(21)25-4-2)18-15(19)10-11-26(22,23)13-8-6-5-7-9-13/h5-11,14H,3-4,12H2,1-2H3,(H,18,19)/b11-10+/t14-/m1/s1. The lowest BCUT2D eigenvalue weighted by Crippen LogP contribution is -2.43. The highest BCUT2D eigenvalue weighted by molar-refractivity contribution is 7.94. The van der Waals surface area contributed by atoms with Crippen molar-refractivity contribution in [2.75, 3.05) is 13.2 Å². The number of hydrogen-bond acceptors (Lipinski definition) is 7. The molecule has 0 radical (unpaired) electrons. The largest absolute Gasteiger partial charge is 0.466 e. The Hall–Kier alpha value is -2.68. The lowest BCUT2D eigenvalue weighted by Gasteiger charge is -2.15. The topological polar surface area (TPSA) is 116 Å². The van der Waals surface area contributed by atoms with E-state index in [4.69, 9.17) is 9.47 Å². The molecule has 0 saturated carbocycles. The van der Waals surface area contributed by atoms with Gasteiger partial charge in [0.15, 0.2) is 9.84 Å². The molecule has 9 heteroatoms. The number of carbonyl (C=O) groups excluding carboxylic acids is 3. The van der Waals surface area contributed by atoms with Gasteiger partial charge in [-0.05, 0) is 26.0 Å². The van der Waals surface area contributed by atoms with E-state index < -0.39 is 40.1 Å². The molecule has 0 aliphatic carbocycles. The number of esters is 2. The van der Waals surface area contributed by atoms with Crippen LogP contribution in [0, 0.1) is 0 Å². The Morgan fingerprint density at radius 3 is 2.27 bits per heavy atom. The van der Waals surface area contributed by atoms with E-state index in [1.54, 1.807) is 32.0 Å². The quantitative estimate of drug-likeness (QED) is 0.499. The lowest BCUT2D eigenvalue weighted by molar-refractivity contribution is -0.153. The molecule has 0 fully saturated rings. The second-order valence-corrected chi connectivity index (χ2v) is 6.82. The maximum absolute atomic E-state index is 12.1. The van der Waals surface area contributed by atoms with Gasteiger partial charge in [-0.15, -0.1) is 0 Å². The van der Waals surface area contributed by atoms with Gasteiger partial charge in [0.05, 0.1) is 24.5 Å². The third-order valence-electron chi connectivity index (χ3n) is 3.03. The smallest absolute Gasteiger partial charge is 0.329 e. The highest BCUT2D eigenvalue weighted by atomic mass is 32.2. The summed E-state index contributed by atoms with van der Waals surface area (Å²) >= 11 is 0. The minimum absolute atomic E-state index is 0.0255. The van der Waals surface area contributed by atoms with E-state index in [1.807, 2.05) is 0 Å². The van der Waals surface area contributed by atoms with E-state index in [1.165, 1.54) is 12.1 Å². The molecule has 0 spiro atoms. The molecule has 1 aromatic rings. The number of amides is 1. The van der Waals surface area contributed by atoms with Gasteiger partial charge in [0.25, 0.3) is 0 Å². The predicted molar refractivity (Wildman–Crippen MR) is 92.6 cm³/mol. The van der Waals surface area contributed by atoms with Gasteiger partial charge in [-0.2, -0.15) is 0 Å². The fourth-order valence-electron chi connectivity index (χ4n) is 1.88. The molecule has 26 heavy (non-hydrogen) atoms. The van der Waals surface area contributed by atoms with E-state index in [9.17, 15) is 22.8 Å². The maximum Gasteiger partial charge on any atom is 0.329 e. The van der Waals surface area contributed by atoms with Crippen LogP contribution >= 0.6 is 0 Å². The van der Waals surface area contributed by atoms with E-state index >= 15 is 0 Å². The summed E-state index contributed by atoms with van der Waals surface area (Å²) in [7, 11) is -3.80. The van der Waals surface area contributed by atoms with Crippen molar-refractivity contribution >= 4 is 27.7 Å². The molecule has 0 aromatic heterocycles. The summed E-state index contributed by atoms with van der Waals surface area (Å²) in [5.41, 5.74) is 0. The van der Waals surface area contributed by atoms with Gasteiger partial charge in [-0.3, -0.25) is 9.59 Å².